The van der Waals surface area contributed by atoms with Crippen LogP contribution in [0.2, 0.25) is 0 Å². The molecule has 0 aliphatic carbocycles. The maximum Gasteiger partial charge on any atom is 0.115 e. The molecule has 2 aromatic rings. The molecule has 0 fully saturated rings. The fourth-order valence-electron chi connectivity index (χ4n) is 2.01. The summed E-state index contributed by atoms with van der Waals surface area (Å²) in [5.74, 6) is 0.772. The Bertz CT molecular complexity index is 508. The SMILES string of the molecule is Cc1cc(O)ccc1NCC(C)c1ccccc1. The summed E-state index contributed by atoms with van der Waals surface area (Å²) < 4.78 is 0. The van der Waals surface area contributed by atoms with Crippen LogP contribution in [0.4, 0.5) is 5.69 Å². The Morgan fingerprint density at radius 1 is 1.11 bits per heavy atom. The molecule has 18 heavy (non-hydrogen) atoms. The Balaban J connectivity index is 1.99. The third-order valence-corrected chi connectivity index (χ3v) is 3.18. The van der Waals surface area contributed by atoms with Gasteiger partial charge < -0.3 is 10.4 Å². The molecule has 0 radical (unpaired) electrons. The molecule has 0 heterocycles. The Morgan fingerprint density at radius 2 is 1.83 bits per heavy atom. The minimum Gasteiger partial charge on any atom is -0.508 e. The molecule has 0 aromatic heterocycles. The maximum atomic E-state index is 9.37. The van der Waals surface area contributed by atoms with Crippen LogP contribution in [0, 0.1) is 6.92 Å². The molecular weight excluding hydrogens is 222 g/mol. The zero-order valence-corrected chi connectivity index (χ0v) is 10.9. The van der Waals surface area contributed by atoms with E-state index in [2.05, 4.69) is 36.5 Å². The number of phenolic OH excluding ortho intramolecular Hbond substituents is 1. The number of rotatable bonds is 4. The van der Waals surface area contributed by atoms with Gasteiger partial charge in [-0.2, -0.15) is 0 Å². The number of phenols is 1. The fraction of sp³-hybridized carbons (Fsp3) is 0.250. The lowest BCUT2D eigenvalue weighted by molar-refractivity contribution is 0.475. The minimum atomic E-state index is 0.314. The molecule has 0 bridgehead atoms. The van der Waals surface area contributed by atoms with Crippen LogP contribution >= 0.6 is 0 Å². The van der Waals surface area contributed by atoms with E-state index >= 15 is 0 Å². The Labute approximate surface area is 108 Å². The summed E-state index contributed by atoms with van der Waals surface area (Å²) in [6, 6.07) is 15.9. The van der Waals surface area contributed by atoms with Crippen molar-refractivity contribution in [2.45, 2.75) is 19.8 Å². The number of aryl methyl sites for hydroxylation is 1. The van der Waals surface area contributed by atoms with Crippen molar-refractivity contribution < 1.29 is 5.11 Å². The lowest BCUT2D eigenvalue weighted by Gasteiger charge is -2.15. The van der Waals surface area contributed by atoms with Gasteiger partial charge in [0, 0.05) is 12.2 Å². The molecule has 1 atom stereocenters. The summed E-state index contributed by atoms with van der Waals surface area (Å²) >= 11 is 0. The van der Waals surface area contributed by atoms with Crippen molar-refractivity contribution in [3.8, 4) is 5.75 Å². The molecule has 94 valence electrons. The molecule has 2 rings (SSSR count). The number of nitrogens with one attached hydrogen (secondary N) is 1. The first kappa shape index (κ1) is 12.5. The van der Waals surface area contributed by atoms with Gasteiger partial charge in [0.05, 0.1) is 0 Å². The van der Waals surface area contributed by atoms with Crippen LogP contribution in [0.1, 0.15) is 24.0 Å². The molecular formula is C16H19NO. The second-order valence-corrected chi connectivity index (χ2v) is 4.69. The van der Waals surface area contributed by atoms with Crippen molar-refractivity contribution in [1.82, 2.24) is 0 Å². The number of anilines is 1. The van der Waals surface area contributed by atoms with Gasteiger partial charge in [0.25, 0.3) is 0 Å². The monoisotopic (exact) mass is 241 g/mol. The molecule has 0 aliphatic rings. The second kappa shape index (κ2) is 5.58. The average molecular weight is 241 g/mol. The normalized spacial score (nSPS) is 12.1. The zero-order chi connectivity index (χ0) is 13.0. The van der Waals surface area contributed by atoms with E-state index in [9.17, 15) is 5.11 Å². The van der Waals surface area contributed by atoms with Gasteiger partial charge in [0.1, 0.15) is 5.75 Å². The van der Waals surface area contributed by atoms with Gasteiger partial charge in [-0.1, -0.05) is 37.3 Å². The molecule has 2 heteroatoms. The van der Waals surface area contributed by atoms with Crippen LogP contribution in [0.5, 0.6) is 5.75 Å². The average Bonchev–Trinajstić information content (AvgIpc) is 2.38. The summed E-state index contributed by atoms with van der Waals surface area (Å²) in [5.41, 5.74) is 3.48. The van der Waals surface area contributed by atoms with Crippen molar-refractivity contribution in [3.63, 3.8) is 0 Å². The predicted octanol–water partition coefficient (Wildman–Crippen LogP) is 3.92. The van der Waals surface area contributed by atoms with Crippen LogP contribution in [0.15, 0.2) is 48.5 Å². The number of hydrogen-bond donors (Lipinski definition) is 2. The summed E-state index contributed by atoms with van der Waals surface area (Å²) in [6.45, 7) is 5.09. The Morgan fingerprint density at radius 3 is 2.50 bits per heavy atom. The highest BCUT2D eigenvalue weighted by atomic mass is 16.3. The highest BCUT2D eigenvalue weighted by Crippen LogP contribution is 2.22. The molecule has 0 amide bonds. The van der Waals surface area contributed by atoms with E-state index in [1.165, 1.54) is 5.56 Å². The van der Waals surface area contributed by atoms with Crippen LogP contribution in [-0.4, -0.2) is 11.7 Å². The molecule has 0 saturated heterocycles. The van der Waals surface area contributed by atoms with E-state index in [4.69, 9.17) is 0 Å². The zero-order valence-electron chi connectivity index (χ0n) is 10.9. The number of benzene rings is 2. The third-order valence-electron chi connectivity index (χ3n) is 3.18. The first-order chi connectivity index (χ1) is 8.66. The van der Waals surface area contributed by atoms with E-state index in [0.29, 0.717) is 11.7 Å². The van der Waals surface area contributed by atoms with Gasteiger partial charge in [0.2, 0.25) is 0 Å². The quantitative estimate of drug-likeness (QED) is 0.795. The van der Waals surface area contributed by atoms with Crippen LogP contribution < -0.4 is 5.32 Å². The molecule has 2 N–H and O–H groups in total. The molecule has 0 spiro atoms. The van der Waals surface area contributed by atoms with Crippen molar-refractivity contribution >= 4 is 5.69 Å². The predicted molar refractivity (Wildman–Crippen MR) is 76.2 cm³/mol. The van der Waals surface area contributed by atoms with Crippen molar-refractivity contribution in [3.05, 3.63) is 59.7 Å². The molecule has 2 aromatic carbocycles. The number of aromatic hydroxyl groups is 1. The van der Waals surface area contributed by atoms with E-state index < -0.39 is 0 Å². The van der Waals surface area contributed by atoms with E-state index in [-0.39, 0.29) is 0 Å². The highest BCUT2D eigenvalue weighted by Gasteiger charge is 2.05. The van der Waals surface area contributed by atoms with E-state index in [0.717, 1.165) is 17.8 Å². The molecule has 0 aliphatic heterocycles. The van der Waals surface area contributed by atoms with Crippen LogP contribution in [0.25, 0.3) is 0 Å². The lowest BCUT2D eigenvalue weighted by atomic mass is 10.0. The standard InChI is InChI=1S/C16H19NO/c1-12-10-15(18)8-9-16(12)17-11-13(2)14-6-4-3-5-7-14/h3-10,13,17-18H,11H2,1-2H3. The first-order valence-corrected chi connectivity index (χ1v) is 6.25. The Kier molecular flexibility index (Phi) is 3.88. The largest absolute Gasteiger partial charge is 0.508 e. The minimum absolute atomic E-state index is 0.314. The van der Waals surface area contributed by atoms with Crippen molar-refractivity contribution in [2.75, 3.05) is 11.9 Å². The van der Waals surface area contributed by atoms with Gasteiger partial charge in [-0.15, -0.1) is 0 Å². The molecule has 1 unspecified atom stereocenters. The molecule has 0 saturated carbocycles. The fourth-order valence-corrected chi connectivity index (χ4v) is 2.01. The van der Waals surface area contributed by atoms with Gasteiger partial charge in [0.15, 0.2) is 0 Å². The maximum absolute atomic E-state index is 9.37. The summed E-state index contributed by atoms with van der Waals surface area (Å²) in [6.07, 6.45) is 0. The van der Waals surface area contributed by atoms with Crippen LogP contribution in [-0.2, 0) is 0 Å². The van der Waals surface area contributed by atoms with Gasteiger partial charge in [-0.3, -0.25) is 0 Å². The lowest BCUT2D eigenvalue weighted by Crippen LogP contribution is -2.10. The van der Waals surface area contributed by atoms with Crippen molar-refractivity contribution in [2.24, 2.45) is 0 Å². The smallest absolute Gasteiger partial charge is 0.115 e. The highest BCUT2D eigenvalue weighted by molar-refractivity contribution is 5.53. The van der Waals surface area contributed by atoms with Gasteiger partial charge >= 0.3 is 0 Å². The van der Waals surface area contributed by atoms with Crippen molar-refractivity contribution in [1.29, 1.82) is 0 Å². The van der Waals surface area contributed by atoms with Crippen LogP contribution in [0.3, 0.4) is 0 Å². The molecule has 2 nitrogen and oxygen atoms in total. The van der Waals surface area contributed by atoms with Gasteiger partial charge in [-0.25, -0.2) is 0 Å². The topological polar surface area (TPSA) is 32.3 Å². The number of hydrogen-bond acceptors (Lipinski definition) is 2. The summed E-state index contributed by atoms with van der Waals surface area (Å²) in [5, 5.41) is 12.8. The Hall–Kier alpha value is -1.96. The second-order valence-electron chi connectivity index (χ2n) is 4.69. The first-order valence-electron chi connectivity index (χ1n) is 6.25. The summed E-state index contributed by atoms with van der Waals surface area (Å²) in [7, 11) is 0. The van der Waals surface area contributed by atoms with E-state index in [1.54, 1.807) is 12.1 Å². The summed E-state index contributed by atoms with van der Waals surface area (Å²) in [4.78, 5) is 0. The third kappa shape index (κ3) is 3.04. The van der Waals surface area contributed by atoms with E-state index in [1.807, 2.05) is 19.1 Å². The van der Waals surface area contributed by atoms with Gasteiger partial charge in [-0.05, 0) is 42.2 Å².